The number of aromatic hydroxyl groups is 1. The maximum atomic E-state index is 11.6. The summed E-state index contributed by atoms with van der Waals surface area (Å²) >= 11 is 0. The van der Waals surface area contributed by atoms with Crippen molar-refractivity contribution in [2.75, 3.05) is 6.61 Å². The number of hydrogen-bond donors (Lipinski definition) is 6. The standard InChI is InChI=1S/C10H14N2O5.C9H11NO3/c1-5-3-12(10(16)11-9(5)15)8-2-6(14)7(4-13)17-8;10-8(9(12)13)5-6-1-3-7(11)4-2-6/h3,6-8,13-14H,2,4H2,1H3,(H,11,15,16);1-4,8,11H,5,10H2,(H,12,13)/t6-,7+,8+;/m0./s1. The summed E-state index contributed by atoms with van der Waals surface area (Å²) < 4.78 is 6.54. The van der Waals surface area contributed by atoms with Gasteiger partial charge in [0.05, 0.1) is 12.7 Å². The molecule has 11 heteroatoms. The van der Waals surface area contributed by atoms with E-state index in [1.165, 1.54) is 22.9 Å². The van der Waals surface area contributed by atoms with E-state index in [0.29, 0.717) is 5.56 Å². The van der Waals surface area contributed by atoms with Crippen molar-refractivity contribution in [1.29, 1.82) is 0 Å². The molecule has 11 nitrogen and oxygen atoms in total. The van der Waals surface area contributed by atoms with Crippen LogP contribution in [0.2, 0.25) is 0 Å². The number of phenols is 1. The van der Waals surface area contributed by atoms with Crippen molar-refractivity contribution in [3.63, 3.8) is 0 Å². The van der Waals surface area contributed by atoms with E-state index < -0.39 is 41.7 Å². The predicted octanol–water partition coefficient (Wildman–Crippen LogP) is -1.17. The molecule has 1 saturated heterocycles. The summed E-state index contributed by atoms with van der Waals surface area (Å²) in [6.45, 7) is 1.26. The Morgan fingerprint density at radius 3 is 2.50 bits per heavy atom. The molecule has 1 aromatic carbocycles. The molecule has 4 atom stereocenters. The monoisotopic (exact) mass is 423 g/mol. The highest BCUT2D eigenvalue weighted by atomic mass is 16.5. The fourth-order valence-corrected chi connectivity index (χ4v) is 2.82. The molecule has 0 saturated carbocycles. The van der Waals surface area contributed by atoms with E-state index in [4.69, 9.17) is 25.8 Å². The van der Waals surface area contributed by atoms with E-state index in [9.17, 15) is 19.5 Å². The second-order valence-corrected chi connectivity index (χ2v) is 6.91. The molecule has 164 valence electrons. The van der Waals surface area contributed by atoms with Crippen molar-refractivity contribution >= 4 is 5.97 Å². The van der Waals surface area contributed by atoms with E-state index in [2.05, 4.69) is 4.98 Å². The second-order valence-electron chi connectivity index (χ2n) is 6.91. The number of ether oxygens (including phenoxy) is 1. The van der Waals surface area contributed by atoms with Gasteiger partial charge in [0.25, 0.3) is 5.56 Å². The number of carboxylic acid groups (broad SMARTS) is 1. The van der Waals surface area contributed by atoms with E-state index in [-0.39, 0.29) is 25.2 Å². The smallest absolute Gasteiger partial charge is 0.330 e. The Morgan fingerprint density at radius 2 is 1.97 bits per heavy atom. The Labute approximate surface area is 171 Å². The third-order valence-electron chi connectivity index (χ3n) is 4.55. The molecule has 3 rings (SSSR count). The molecule has 0 spiro atoms. The number of benzene rings is 1. The lowest BCUT2D eigenvalue weighted by Gasteiger charge is -2.14. The number of aromatic amines is 1. The highest BCUT2D eigenvalue weighted by Gasteiger charge is 2.34. The number of aryl methyl sites for hydroxylation is 1. The molecule has 0 amide bonds. The number of nitrogens with one attached hydrogen (secondary N) is 1. The molecule has 1 aliphatic rings. The van der Waals surface area contributed by atoms with Crippen LogP contribution in [0.4, 0.5) is 0 Å². The van der Waals surface area contributed by atoms with Crippen LogP contribution in [0.3, 0.4) is 0 Å². The molecule has 30 heavy (non-hydrogen) atoms. The highest BCUT2D eigenvalue weighted by Crippen LogP contribution is 2.27. The summed E-state index contributed by atoms with van der Waals surface area (Å²) in [7, 11) is 0. The number of phenolic OH excluding ortho intramolecular Hbond substituents is 1. The minimum atomic E-state index is -1.02. The van der Waals surface area contributed by atoms with Gasteiger partial charge in [-0.15, -0.1) is 0 Å². The van der Waals surface area contributed by atoms with Gasteiger partial charge in [0.2, 0.25) is 0 Å². The number of nitrogens with zero attached hydrogens (tertiary/aromatic N) is 1. The normalized spacial score (nSPS) is 21.5. The zero-order valence-electron chi connectivity index (χ0n) is 16.3. The van der Waals surface area contributed by atoms with Crippen LogP contribution in [-0.2, 0) is 16.0 Å². The number of aliphatic carboxylic acids is 1. The fraction of sp³-hybridized carbons (Fsp3) is 0.421. The average Bonchev–Trinajstić information content (AvgIpc) is 3.07. The van der Waals surface area contributed by atoms with Crippen LogP contribution >= 0.6 is 0 Å². The summed E-state index contributed by atoms with van der Waals surface area (Å²) in [5.74, 6) is -0.860. The number of aliphatic hydroxyl groups is 2. The third kappa shape index (κ3) is 6.00. The largest absolute Gasteiger partial charge is 0.508 e. The highest BCUT2D eigenvalue weighted by molar-refractivity contribution is 5.73. The van der Waals surface area contributed by atoms with Crippen molar-refractivity contribution in [2.24, 2.45) is 5.73 Å². The van der Waals surface area contributed by atoms with Crippen LogP contribution in [0.5, 0.6) is 5.75 Å². The lowest BCUT2D eigenvalue weighted by molar-refractivity contribution is -0.138. The molecule has 2 aromatic rings. The number of aromatic nitrogens is 2. The van der Waals surface area contributed by atoms with Crippen LogP contribution in [0.1, 0.15) is 23.8 Å². The number of nitrogens with two attached hydrogens (primary N) is 1. The molecular weight excluding hydrogens is 398 g/mol. The Hall–Kier alpha value is -2.99. The Morgan fingerprint density at radius 1 is 1.33 bits per heavy atom. The predicted molar refractivity (Wildman–Crippen MR) is 105 cm³/mol. The van der Waals surface area contributed by atoms with E-state index in [0.717, 1.165) is 5.56 Å². The SMILES string of the molecule is Cc1cn([C@H]2C[C@H](O)[C@@H](CO)O2)c(=O)[nH]c1=O.NC(Cc1ccc(O)cc1)C(=O)O. The molecule has 0 radical (unpaired) electrons. The van der Waals surface area contributed by atoms with Crippen LogP contribution in [0.25, 0.3) is 0 Å². The number of rotatable bonds is 5. The Bertz CT molecular complexity index is 969. The first-order valence-corrected chi connectivity index (χ1v) is 9.15. The van der Waals surface area contributed by atoms with Crippen LogP contribution < -0.4 is 17.0 Å². The van der Waals surface area contributed by atoms with Gasteiger partial charge in [-0.05, 0) is 31.0 Å². The average molecular weight is 423 g/mol. The minimum absolute atomic E-state index is 0.160. The number of H-pyrrole nitrogens is 1. The van der Waals surface area contributed by atoms with Crippen molar-refractivity contribution in [3.8, 4) is 5.75 Å². The van der Waals surface area contributed by atoms with Gasteiger partial charge in [-0.1, -0.05) is 12.1 Å². The van der Waals surface area contributed by atoms with Crippen molar-refractivity contribution in [2.45, 2.75) is 44.2 Å². The van der Waals surface area contributed by atoms with Gasteiger partial charge in [0.1, 0.15) is 24.1 Å². The summed E-state index contributed by atoms with van der Waals surface area (Å²) in [5.41, 5.74) is 5.48. The maximum absolute atomic E-state index is 11.6. The Kier molecular flexibility index (Phi) is 7.89. The van der Waals surface area contributed by atoms with E-state index >= 15 is 0 Å². The number of carboxylic acids is 1. The summed E-state index contributed by atoms with van der Waals surface area (Å²) in [5, 5.41) is 36.0. The number of carbonyl (C=O) groups is 1. The van der Waals surface area contributed by atoms with Crippen LogP contribution in [0, 0.1) is 6.92 Å². The van der Waals surface area contributed by atoms with Gasteiger partial charge in [0, 0.05) is 18.2 Å². The number of hydrogen-bond acceptors (Lipinski definition) is 8. The zero-order valence-corrected chi connectivity index (χ0v) is 16.3. The van der Waals surface area contributed by atoms with Crippen LogP contribution in [0.15, 0.2) is 40.1 Å². The Balaban J connectivity index is 0.000000222. The van der Waals surface area contributed by atoms with Crippen molar-refractivity contribution < 1.29 is 30.0 Å². The van der Waals surface area contributed by atoms with Crippen LogP contribution in [-0.4, -0.2) is 60.8 Å². The van der Waals surface area contributed by atoms with Gasteiger partial charge in [0.15, 0.2) is 0 Å². The lowest BCUT2D eigenvalue weighted by atomic mass is 10.1. The zero-order chi connectivity index (χ0) is 22.4. The first-order chi connectivity index (χ1) is 14.1. The van der Waals surface area contributed by atoms with E-state index in [1.54, 1.807) is 19.1 Å². The van der Waals surface area contributed by atoms with Gasteiger partial charge < -0.3 is 30.9 Å². The summed E-state index contributed by atoms with van der Waals surface area (Å²) in [6, 6.07) is 5.42. The first-order valence-electron chi connectivity index (χ1n) is 9.15. The van der Waals surface area contributed by atoms with Crippen molar-refractivity contribution in [3.05, 3.63) is 62.4 Å². The van der Waals surface area contributed by atoms with Gasteiger partial charge in [-0.25, -0.2) is 4.79 Å². The fourth-order valence-electron chi connectivity index (χ4n) is 2.82. The third-order valence-corrected chi connectivity index (χ3v) is 4.55. The molecule has 1 unspecified atom stereocenters. The molecule has 0 bridgehead atoms. The molecule has 1 aromatic heterocycles. The topological polar surface area (TPSA) is 188 Å². The molecule has 7 N–H and O–H groups in total. The molecule has 1 fully saturated rings. The molecule has 2 heterocycles. The summed E-state index contributed by atoms with van der Waals surface area (Å²) in [6.07, 6.45) is -0.307. The van der Waals surface area contributed by atoms with E-state index in [1.807, 2.05) is 0 Å². The lowest BCUT2D eigenvalue weighted by Crippen LogP contribution is -2.33. The van der Waals surface area contributed by atoms with Gasteiger partial charge in [-0.2, -0.15) is 0 Å². The number of aliphatic hydroxyl groups excluding tert-OH is 2. The van der Waals surface area contributed by atoms with Gasteiger partial charge in [-0.3, -0.25) is 19.1 Å². The second kappa shape index (κ2) is 10.2. The molecular formula is C19H25N3O8. The first kappa shape index (κ1) is 23.3. The quantitative estimate of drug-likeness (QED) is 0.344. The molecule has 1 aliphatic heterocycles. The van der Waals surface area contributed by atoms with Gasteiger partial charge >= 0.3 is 11.7 Å². The minimum Gasteiger partial charge on any atom is -0.508 e. The molecule has 0 aliphatic carbocycles. The summed E-state index contributed by atoms with van der Waals surface area (Å²) in [4.78, 5) is 35.3. The maximum Gasteiger partial charge on any atom is 0.330 e. The van der Waals surface area contributed by atoms with Crippen molar-refractivity contribution in [1.82, 2.24) is 9.55 Å².